The van der Waals surface area contributed by atoms with Gasteiger partial charge in [-0.25, -0.2) is 9.78 Å². The number of hydrogen-bond acceptors (Lipinski definition) is 4. The Morgan fingerprint density at radius 3 is 2.67 bits per heavy atom. The number of urea groups is 1. The van der Waals surface area contributed by atoms with Gasteiger partial charge in [-0.1, -0.05) is 30.3 Å². The number of amides is 2. The van der Waals surface area contributed by atoms with Gasteiger partial charge in [0.25, 0.3) is 0 Å². The van der Waals surface area contributed by atoms with Crippen molar-refractivity contribution in [1.29, 1.82) is 0 Å². The third kappa shape index (κ3) is 4.55. The molecule has 0 spiro atoms. The highest BCUT2D eigenvalue weighted by Gasteiger charge is 2.23. The van der Waals surface area contributed by atoms with E-state index in [4.69, 9.17) is 0 Å². The van der Waals surface area contributed by atoms with E-state index in [1.165, 1.54) is 18.4 Å². The van der Waals surface area contributed by atoms with E-state index in [0.717, 1.165) is 23.8 Å². The van der Waals surface area contributed by atoms with Crippen LogP contribution in [0.5, 0.6) is 0 Å². The molecule has 1 fully saturated rings. The number of carbonyl (C=O) groups is 1. The molecule has 1 saturated heterocycles. The molecule has 1 aliphatic heterocycles. The number of likely N-dealkylation sites (tertiary alicyclic amines) is 1. The number of thiazole rings is 1. The summed E-state index contributed by atoms with van der Waals surface area (Å²) in [6.45, 7) is 5.25. The Hall–Kier alpha value is -1.92. The van der Waals surface area contributed by atoms with Crippen molar-refractivity contribution < 1.29 is 4.79 Å². The minimum atomic E-state index is -0.136. The van der Waals surface area contributed by atoms with E-state index >= 15 is 0 Å². The number of benzene rings is 1. The van der Waals surface area contributed by atoms with Crippen LogP contribution in [0.1, 0.15) is 35.1 Å². The van der Waals surface area contributed by atoms with Crippen molar-refractivity contribution >= 4 is 17.4 Å². The fraction of sp³-hybridized carbons (Fsp3) is 0.444. The van der Waals surface area contributed by atoms with Crippen LogP contribution in [0, 0.1) is 6.92 Å². The third-order valence-electron chi connectivity index (χ3n) is 4.29. The maximum absolute atomic E-state index is 12.1. The van der Waals surface area contributed by atoms with Crippen molar-refractivity contribution in [3.05, 3.63) is 52.0 Å². The Morgan fingerprint density at radius 2 is 2.00 bits per heavy atom. The molecule has 1 aromatic heterocycles. The number of rotatable bonds is 6. The predicted octanol–water partition coefficient (Wildman–Crippen LogP) is 3.09. The van der Waals surface area contributed by atoms with E-state index in [2.05, 4.69) is 44.8 Å². The molecule has 128 valence electrons. The molecule has 1 atom stereocenters. The number of aryl methyl sites for hydroxylation is 1. The van der Waals surface area contributed by atoms with Crippen molar-refractivity contribution in [2.24, 2.45) is 0 Å². The van der Waals surface area contributed by atoms with E-state index < -0.39 is 0 Å². The van der Waals surface area contributed by atoms with E-state index in [-0.39, 0.29) is 12.1 Å². The van der Waals surface area contributed by atoms with Gasteiger partial charge in [0, 0.05) is 17.6 Å². The second kappa shape index (κ2) is 8.26. The van der Waals surface area contributed by atoms with Crippen molar-refractivity contribution in [3.63, 3.8) is 0 Å². The van der Waals surface area contributed by atoms with Crippen LogP contribution in [0.3, 0.4) is 0 Å². The van der Waals surface area contributed by atoms with Crippen molar-refractivity contribution in [1.82, 2.24) is 20.5 Å². The molecule has 2 amide bonds. The lowest BCUT2D eigenvalue weighted by Crippen LogP contribution is -2.41. The minimum Gasteiger partial charge on any atom is -0.336 e. The Bertz CT molecular complexity index is 652. The molecule has 1 aliphatic rings. The van der Waals surface area contributed by atoms with E-state index in [0.29, 0.717) is 13.1 Å². The van der Waals surface area contributed by atoms with Gasteiger partial charge >= 0.3 is 6.03 Å². The molecule has 0 aliphatic carbocycles. The maximum atomic E-state index is 12.1. The van der Waals surface area contributed by atoms with E-state index in [1.807, 2.05) is 18.4 Å². The zero-order valence-corrected chi connectivity index (χ0v) is 14.8. The predicted molar refractivity (Wildman–Crippen MR) is 97.1 cm³/mol. The first-order valence-corrected chi connectivity index (χ1v) is 9.32. The van der Waals surface area contributed by atoms with Gasteiger partial charge in [-0.05, 0) is 38.4 Å². The molecule has 6 heteroatoms. The molecule has 0 radical (unpaired) electrons. The van der Waals surface area contributed by atoms with Crippen LogP contribution < -0.4 is 10.6 Å². The van der Waals surface area contributed by atoms with Gasteiger partial charge in [-0.15, -0.1) is 11.3 Å². The average Bonchev–Trinajstić information content (AvgIpc) is 3.26. The summed E-state index contributed by atoms with van der Waals surface area (Å²) in [6.07, 6.45) is 2.47. The average molecular weight is 344 g/mol. The zero-order chi connectivity index (χ0) is 16.8. The van der Waals surface area contributed by atoms with Crippen molar-refractivity contribution in [3.8, 4) is 0 Å². The molecular weight excluding hydrogens is 320 g/mol. The second-order valence-electron chi connectivity index (χ2n) is 6.12. The quantitative estimate of drug-likeness (QED) is 0.847. The lowest BCUT2D eigenvalue weighted by molar-refractivity contribution is 0.220. The minimum absolute atomic E-state index is 0.136. The van der Waals surface area contributed by atoms with Crippen LogP contribution in [-0.4, -0.2) is 35.5 Å². The molecule has 1 unspecified atom stereocenters. The summed E-state index contributed by atoms with van der Waals surface area (Å²) >= 11 is 1.57. The Balaban J connectivity index is 1.54. The van der Waals surface area contributed by atoms with Gasteiger partial charge in [-0.2, -0.15) is 0 Å². The topological polar surface area (TPSA) is 57.3 Å². The number of carbonyl (C=O) groups excluding carboxylic acids is 1. The highest BCUT2D eigenvalue weighted by atomic mass is 32.1. The van der Waals surface area contributed by atoms with Gasteiger partial charge in [0.05, 0.1) is 12.6 Å². The normalized spacial score (nSPS) is 16.0. The smallest absolute Gasteiger partial charge is 0.315 e. The van der Waals surface area contributed by atoms with Crippen LogP contribution in [0.2, 0.25) is 0 Å². The number of hydrogen-bond donors (Lipinski definition) is 2. The van der Waals surface area contributed by atoms with Crippen LogP contribution in [0.15, 0.2) is 35.7 Å². The first-order chi connectivity index (χ1) is 11.7. The summed E-state index contributed by atoms with van der Waals surface area (Å²) in [6, 6.07) is 10.5. The maximum Gasteiger partial charge on any atom is 0.315 e. The third-order valence-corrected chi connectivity index (χ3v) is 5.26. The van der Waals surface area contributed by atoms with Crippen LogP contribution >= 0.6 is 11.3 Å². The monoisotopic (exact) mass is 344 g/mol. The Kier molecular flexibility index (Phi) is 5.82. The SMILES string of the molecule is Cc1csc(CNC(=O)NCC(c2ccccc2)N2CCCC2)n1. The van der Waals surface area contributed by atoms with Gasteiger partial charge < -0.3 is 10.6 Å². The van der Waals surface area contributed by atoms with E-state index in [1.54, 1.807) is 11.3 Å². The van der Waals surface area contributed by atoms with Crippen molar-refractivity contribution in [2.45, 2.75) is 32.4 Å². The second-order valence-corrected chi connectivity index (χ2v) is 7.06. The van der Waals surface area contributed by atoms with Crippen LogP contribution in [0.4, 0.5) is 4.79 Å². The lowest BCUT2D eigenvalue weighted by Gasteiger charge is -2.28. The van der Waals surface area contributed by atoms with Crippen LogP contribution in [-0.2, 0) is 6.54 Å². The number of nitrogens with one attached hydrogen (secondary N) is 2. The highest BCUT2D eigenvalue weighted by Crippen LogP contribution is 2.24. The summed E-state index contributed by atoms with van der Waals surface area (Å²) in [4.78, 5) is 18.9. The first-order valence-electron chi connectivity index (χ1n) is 8.44. The summed E-state index contributed by atoms with van der Waals surface area (Å²) in [7, 11) is 0. The summed E-state index contributed by atoms with van der Waals surface area (Å²) in [5.74, 6) is 0. The molecule has 24 heavy (non-hydrogen) atoms. The van der Waals surface area contributed by atoms with Gasteiger partial charge in [-0.3, -0.25) is 4.90 Å². The molecule has 2 aromatic rings. The molecule has 0 bridgehead atoms. The molecule has 0 saturated carbocycles. The molecular formula is C18H24N4OS. The molecule has 3 rings (SSSR count). The molecule has 2 N–H and O–H groups in total. The van der Waals surface area contributed by atoms with Gasteiger partial charge in [0.15, 0.2) is 0 Å². The highest BCUT2D eigenvalue weighted by molar-refractivity contribution is 7.09. The first kappa shape index (κ1) is 16.9. The van der Waals surface area contributed by atoms with E-state index in [9.17, 15) is 4.79 Å². The molecule has 5 nitrogen and oxygen atoms in total. The lowest BCUT2D eigenvalue weighted by atomic mass is 10.1. The largest absolute Gasteiger partial charge is 0.336 e. The fourth-order valence-corrected chi connectivity index (χ4v) is 3.79. The number of aromatic nitrogens is 1. The van der Waals surface area contributed by atoms with Crippen molar-refractivity contribution in [2.75, 3.05) is 19.6 Å². The molecule has 1 aromatic carbocycles. The fourth-order valence-electron chi connectivity index (χ4n) is 3.08. The summed E-state index contributed by atoms with van der Waals surface area (Å²) in [5.41, 5.74) is 2.26. The zero-order valence-electron chi connectivity index (χ0n) is 14.0. The summed E-state index contributed by atoms with van der Waals surface area (Å²) in [5, 5.41) is 8.84. The molecule has 2 heterocycles. The van der Waals surface area contributed by atoms with Gasteiger partial charge in [0.2, 0.25) is 0 Å². The van der Waals surface area contributed by atoms with Crippen LogP contribution in [0.25, 0.3) is 0 Å². The summed E-state index contributed by atoms with van der Waals surface area (Å²) < 4.78 is 0. The Labute approximate surface area is 147 Å². The standard InChI is InChI=1S/C18H24N4OS/c1-14-13-24-17(21-14)12-20-18(23)19-11-16(22-9-5-6-10-22)15-7-3-2-4-8-15/h2-4,7-8,13,16H,5-6,9-12H2,1H3,(H2,19,20,23). The Morgan fingerprint density at radius 1 is 1.25 bits per heavy atom. The van der Waals surface area contributed by atoms with Gasteiger partial charge in [0.1, 0.15) is 5.01 Å². The number of nitrogens with zero attached hydrogens (tertiary/aromatic N) is 2.